The number of halogens is 6. The monoisotopic (exact) mass is 426 g/mol. The van der Waals surface area contributed by atoms with Gasteiger partial charge in [0.1, 0.15) is 17.1 Å². The Hall–Kier alpha value is -2.89. The summed E-state index contributed by atoms with van der Waals surface area (Å²) in [6.07, 6.45) is -5.14. The number of alkyl halides is 5. The standard InChI is InChI=1S/C15H12ClF5N4O3/c1-5(6-2-3-8(7(16)4-6)28-13(17)18)23-11-9(10(22)15(19,20)21)12(26)25-14(27)24-11/h2-5,13,22H,1H3,(H3,23,24,25,26,27). The molecule has 0 radical (unpaired) electrons. The topological polar surface area (TPSA) is 111 Å². The Morgan fingerprint density at radius 2 is 2.04 bits per heavy atom. The van der Waals surface area contributed by atoms with E-state index in [1.807, 2.05) is 0 Å². The van der Waals surface area contributed by atoms with Crippen molar-refractivity contribution in [2.24, 2.45) is 0 Å². The number of anilines is 1. The second-order valence-electron chi connectivity index (χ2n) is 5.42. The van der Waals surface area contributed by atoms with Gasteiger partial charge in [-0.1, -0.05) is 17.7 Å². The zero-order valence-electron chi connectivity index (χ0n) is 13.9. The summed E-state index contributed by atoms with van der Waals surface area (Å²) >= 11 is 5.83. The van der Waals surface area contributed by atoms with E-state index in [2.05, 4.69) is 15.0 Å². The fourth-order valence-corrected chi connectivity index (χ4v) is 2.44. The summed E-state index contributed by atoms with van der Waals surface area (Å²) in [6.45, 7) is -1.65. The van der Waals surface area contributed by atoms with Gasteiger partial charge in [0.15, 0.2) is 5.71 Å². The van der Waals surface area contributed by atoms with E-state index in [-0.39, 0.29) is 10.8 Å². The van der Waals surface area contributed by atoms with E-state index in [4.69, 9.17) is 17.0 Å². The molecule has 0 aliphatic heterocycles. The van der Waals surface area contributed by atoms with Crippen LogP contribution in [0.25, 0.3) is 0 Å². The van der Waals surface area contributed by atoms with E-state index in [9.17, 15) is 31.9 Å². The van der Waals surface area contributed by atoms with E-state index in [0.717, 1.165) is 6.07 Å². The molecule has 0 aliphatic rings. The van der Waals surface area contributed by atoms with Crippen molar-refractivity contribution in [3.63, 3.8) is 0 Å². The molecule has 2 aromatic rings. The number of aromatic amines is 1. The second kappa shape index (κ2) is 8.00. The highest BCUT2D eigenvalue weighted by Crippen LogP contribution is 2.31. The van der Waals surface area contributed by atoms with Gasteiger partial charge in [0.2, 0.25) is 0 Å². The van der Waals surface area contributed by atoms with Crippen LogP contribution in [-0.4, -0.2) is 33.6 Å². The maximum absolute atomic E-state index is 12.9. The van der Waals surface area contributed by atoms with E-state index in [1.54, 1.807) is 4.98 Å². The lowest BCUT2D eigenvalue weighted by Gasteiger charge is -2.19. The van der Waals surface area contributed by atoms with Gasteiger partial charge in [0, 0.05) is 0 Å². The third-order valence-electron chi connectivity index (χ3n) is 3.47. The summed E-state index contributed by atoms with van der Waals surface area (Å²) in [7, 11) is 0. The zero-order valence-corrected chi connectivity index (χ0v) is 14.6. The number of aromatic hydroxyl groups is 1. The fourth-order valence-electron chi connectivity index (χ4n) is 2.21. The van der Waals surface area contributed by atoms with Crippen LogP contribution >= 0.6 is 11.6 Å². The fraction of sp³-hybridized carbons (Fsp3) is 0.267. The molecule has 1 aromatic heterocycles. The molecular weight excluding hydrogens is 415 g/mol. The molecule has 0 saturated heterocycles. The highest BCUT2D eigenvalue weighted by molar-refractivity contribution is 6.32. The van der Waals surface area contributed by atoms with Crippen LogP contribution in [0.15, 0.2) is 23.0 Å². The molecule has 1 atom stereocenters. The summed E-state index contributed by atoms with van der Waals surface area (Å²) < 4.78 is 67.3. The number of nitrogens with zero attached hydrogens (tertiary/aromatic N) is 1. The van der Waals surface area contributed by atoms with Crippen LogP contribution < -0.4 is 15.6 Å². The number of aromatic nitrogens is 2. The van der Waals surface area contributed by atoms with E-state index >= 15 is 0 Å². The van der Waals surface area contributed by atoms with Crippen molar-refractivity contribution in [3.05, 3.63) is 44.7 Å². The Kier molecular flexibility index (Phi) is 6.12. The first-order valence-corrected chi connectivity index (χ1v) is 7.78. The lowest BCUT2D eigenvalue weighted by Crippen LogP contribution is -2.31. The van der Waals surface area contributed by atoms with Crippen LogP contribution in [-0.2, 0) is 0 Å². The molecule has 13 heteroatoms. The molecule has 1 unspecified atom stereocenters. The van der Waals surface area contributed by atoms with Gasteiger partial charge in [-0.2, -0.15) is 26.9 Å². The van der Waals surface area contributed by atoms with Gasteiger partial charge in [0.05, 0.1) is 11.1 Å². The third kappa shape index (κ3) is 4.88. The number of H-pyrrole nitrogens is 1. The van der Waals surface area contributed by atoms with E-state index < -0.39 is 47.5 Å². The predicted octanol–water partition coefficient (Wildman–Crippen LogP) is 3.83. The molecule has 0 spiro atoms. The Labute approximate surface area is 158 Å². The van der Waals surface area contributed by atoms with Gasteiger partial charge < -0.3 is 15.2 Å². The summed E-state index contributed by atoms with van der Waals surface area (Å²) in [4.78, 5) is 16.9. The zero-order chi connectivity index (χ0) is 21.2. The average Bonchev–Trinajstić information content (AvgIpc) is 2.54. The summed E-state index contributed by atoms with van der Waals surface area (Å²) in [5.41, 5.74) is -4.14. The van der Waals surface area contributed by atoms with Crippen molar-refractivity contribution >= 4 is 23.1 Å². The number of rotatable bonds is 6. The molecule has 0 saturated carbocycles. The molecule has 152 valence electrons. The molecule has 0 fully saturated rings. The molecular formula is C15H12ClF5N4O3. The summed E-state index contributed by atoms with van der Waals surface area (Å²) in [5, 5.41) is 18.9. The minimum absolute atomic E-state index is 0.184. The average molecular weight is 427 g/mol. The van der Waals surface area contributed by atoms with Gasteiger partial charge in [-0.25, -0.2) is 0 Å². The Morgan fingerprint density at radius 3 is 2.57 bits per heavy atom. The van der Waals surface area contributed by atoms with Crippen molar-refractivity contribution in [1.29, 1.82) is 5.41 Å². The SMILES string of the molecule is CC(Nc1nc(O)[nH]c(=O)c1C(=N)C(F)(F)F)c1ccc(OC(F)F)c(Cl)c1. The minimum atomic E-state index is -5.14. The molecule has 7 nitrogen and oxygen atoms in total. The number of nitrogens with one attached hydrogen (secondary N) is 3. The summed E-state index contributed by atoms with van der Waals surface area (Å²) in [5.74, 6) is -1.00. The molecule has 4 N–H and O–H groups in total. The highest BCUT2D eigenvalue weighted by atomic mass is 35.5. The molecule has 1 aromatic carbocycles. The van der Waals surface area contributed by atoms with Crippen LogP contribution in [0.5, 0.6) is 11.8 Å². The van der Waals surface area contributed by atoms with Crippen LogP contribution in [0.4, 0.5) is 27.8 Å². The van der Waals surface area contributed by atoms with Crippen molar-refractivity contribution in [1.82, 2.24) is 9.97 Å². The number of hydrogen-bond acceptors (Lipinski definition) is 6. The first-order valence-electron chi connectivity index (χ1n) is 7.40. The smallest absolute Gasteiger partial charge is 0.433 e. The lowest BCUT2D eigenvalue weighted by atomic mass is 10.1. The molecule has 2 rings (SSSR count). The minimum Gasteiger partial charge on any atom is -0.480 e. The highest BCUT2D eigenvalue weighted by Gasteiger charge is 2.39. The van der Waals surface area contributed by atoms with Crippen LogP contribution in [0.3, 0.4) is 0 Å². The van der Waals surface area contributed by atoms with Gasteiger partial charge in [0.25, 0.3) is 11.6 Å². The van der Waals surface area contributed by atoms with Crippen molar-refractivity contribution in [2.75, 3.05) is 5.32 Å². The normalized spacial score (nSPS) is 12.7. The van der Waals surface area contributed by atoms with Crippen LogP contribution in [0, 0.1) is 5.41 Å². The van der Waals surface area contributed by atoms with E-state index in [1.165, 1.54) is 19.1 Å². The Morgan fingerprint density at radius 1 is 1.39 bits per heavy atom. The largest absolute Gasteiger partial charge is 0.480 e. The molecule has 0 amide bonds. The summed E-state index contributed by atoms with van der Waals surface area (Å²) in [6, 6.07) is 1.86. The van der Waals surface area contributed by atoms with Crippen molar-refractivity contribution in [2.45, 2.75) is 25.8 Å². The second-order valence-corrected chi connectivity index (χ2v) is 5.83. The maximum atomic E-state index is 12.9. The van der Waals surface area contributed by atoms with Gasteiger partial charge >= 0.3 is 12.8 Å². The van der Waals surface area contributed by atoms with Gasteiger partial charge in [-0.05, 0) is 24.6 Å². The van der Waals surface area contributed by atoms with Crippen LogP contribution in [0.1, 0.15) is 24.1 Å². The van der Waals surface area contributed by atoms with Crippen molar-refractivity contribution < 1.29 is 31.8 Å². The first kappa shape index (κ1) is 21.4. The van der Waals surface area contributed by atoms with Gasteiger partial charge in [-0.15, -0.1) is 0 Å². The third-order valence-corrected chi connectivity index (χ3v) is 3.76. The van der Waals surface area contributed by atoms with E-state index in [0.29, 0.717) is 5.56 Å². The molecule has 28 heavy (non-hydrogen) atoms. The van der Waals surface area contributed by atoms with Crippen LogP contribution in [0.2, 0.25) is 5.02 Å². The number of ether oxygens (including phenoxy) is 1. The Balaban J connectivity index is 2.39. The van der Waals surface area contributed by atoms with Gasteiger partial charge in [-0.3, -0.25) is 15.2 Å². The number of hydrogen-bond donors (Lipinski definition) is 4. The number of benzene rings is 1. The lowest BCUT2D eigenvalue weighted by molar-refractivity contribution is -0.0589. The molecule has 1 heterocycles. The predicted molar refractivity (Wildman–Crippen MR) is 89.5 cm³/mol. The molecule has 0 aliphatic carbocycles. The quantitative estimate of drug-likeness (QED) is 0.414. The van der Waals surface area contributed by atoms with Crippen molar-refractivity contribution in [3.8, 4) is 11.8 Å². The maximum Gasteiger partial charge on any atom is 0.433 e. The first-order chi connectivity index (χ1) is 12.9. The Bertz CT molecular complexity index is 948. The molecule has 0 bridgehead atoms.